The molecule has 82 valence electrons. The van der Waals surface area contributed by atoms with Crippen molar-refractivity contribution in [2.45, 2.75) is 24.6 Å². The van der Waals surface area contributed by atoms with E-state index in [0.29, 0.717) is 16.3 Å². The topological polar surface area (TPSA) is 24.9 Å². The molecular weight excluding hydrogens is 231 g/mol. The molecule has 1 heterocycles. The molecule has 1 aromatic heterocycles. The summed E-state index contributed by atoms with van der Waals surface area (Å²) in [6, 6.07) is 3.66. The highest BCUT2D eigenvalue weighted by molar-refractivity contribution is 6.32. The molecular formula is C11H14Cl2N2. The van der Waals surface area contributed by atoms with Crippen molar-refractivity contribution in [1.29, 1.82) is 0 Å². The van der Waals surface area contributed by atoms with Crippen LogP contribution in [0, 0.1) is 5.92 Å². The van der Waals surface area contributed by atoms with Gasteiger partial charge in [-0.2, -0.15) is 0 Å². The molecule has 2 unspecified atom stereocenters. The molecule has 0 aliphatic heterocycles. The fourth-order valence-corrected chi connectivity index (χ4v) is 2.52. The van der Waals surface area contributed by atoms with Gasteiger partial charge in [0.25, 0.3) is 0 Å². The van der Waals surface area contributed by atoms with Crippen LogP contribution in [-0.4, -0.2) is 16.9 Å². The van der Waals surface area contributed by atoms with Gasteiger partial charge in [-0.3, -0.25) is 0 Å². The number of anilines is 1. The summed E-state index contributed by atoms with van der Waals surface area (Å²) in [5.41, 5.74) is 0. The average molecular weight is 245 g/mol. The summed E-state index contributed by atoms with van der Waals surface area (Å²) in [6.07, 6.45) is 5.30. The van der Waals surface area contributed by atoms with E-state index < -0.39 is 0 Å². The maximum atomic E-state index is 6.19. The fraction of sp³-hybridized carbons (Fsp3) is 0.545. The number of aromatic nitrogens is 1. The molecule has 4 heteroatoms. The second kappa shape index (κ2) is 5.04. The van der Waals surface area contributed by atoms with Crippen LogP contribution >= 0.6 is 23.2 Å². The van der Waals surface area contributed by atoms with Crippen molar-refractivity contribution in [3.05, 3.63) is 23.4 Å². The molecule has 0 saturated heterocycles. The SMILES string of the molecule is Clc1cccnc1NCC1CCCC1Cl. The minimum atomic E-state index is 0.306. The Balaban J connectivity index is 1.90. The Hall–Kier alpha value is -0.470. The number of pyridine rings is 1. The van der Waals surface area contributed by atoms with Crippen LogP contribution in [0.1, 0.15) is 19.3 Å². The molecule has 0 spiro atoms. The minimum absolute atomic E-state index is 0.306. The van der Waals surface area contributed by atoms with Crippen molar-refractivity contribution in [1.82, 2.24) is 4.98 Å². The van der Waals surface area contributed by atoms with Gasteiger partial charge in [0.05, 0.1) is 5.02 Å². The smallest absolute Gasteiger partial charge is 0.144 e. The lowest BCUT2D eigenvalue weighted by Gasteiger charge is -2.15. The Kier molecular flexibility index (Phi) is 3.71. The fourth-order valence-electron chi connectivity index (χ4n) is 1.97. The normalized spacial score (nSPS) is 25.5. The third-order valence-corrected chi connectivity index (χ3v) is 3.74. The molecule has 2 rings (SSSR count). The standard InChI is InChI=1S/C11H14Cl2N2/c12-9-4-1-3-8(9)7-15-11-10(13)5-2-6-14-11/h2,5-6,8-9H,1,3-4,7H2,(H,14,15). The Labute approximate surface area is 100.0 Å². The molecule has 1 aromatic rings. The molecule has 2 atom stereocenters. The van der Waals surface area contributed by atoms with Gasteiger partial charge in [-0.1, -0.05) is 18.0 Å². The van der Waals surface area contributed by atoms with E-state index in [1.54, 1.807) is 6.20 Å². The number of hydrogen-bond donors (Lipinski definition) is 1. The highest BCUT2D eigenvalue weighted by atomic mass is 35.5. The first-order valence-electron chi connectivity index (χ1n) is 5.26. The first-order valence-corrected chi connectivity index (χ1v) is 6.07. The Morgan fingerprint density at radius 2 is 2.33 bits per heavy atom. The first kappa shape index (κ1) is 11.0. The lowest BCUT2D eigenvalue weighted by molar-refractivity contribution is 0.585. The van der Waals surface area contributed by atoms with E-state index in [4.69, 9.17) is 23.2 Å². The van der Waals surface area contributed by atoms with Gasteiger partial charge in [-0.05, 0) is 30.9 Å². The van der Waals surface area contributed by atoms with E-state index in [2.05, 4.69) is 10.3 Å². The third-order valence-electron chi connectivity index (χ3n) is 2.86. The number of halogens is 2. The van der Waals surface area contributed by atoms with Gasteiger partial charge < -0.3 is 5.32 Å². The molecule has 0 radical (unpaired) electrons. The quantitative estimate of drug-likeness (QED) is 0.823. The van der Waals surface area contributed by atoms with Gasteiger partial charge in [-0.15, -0.1) is 11.6 Å². The maximum Gasteiger partial charge on any atom is 0.144 e. The van der Waals surface area contributed by atoms with Crippen molar-refractivity contribution in [2.24, 2.45) is 5.92 Å². The van der Waals surface area contributed by atoms with Crippen molar-refractivity contribution in [3.8, 4) is 0 Å². The zero-order chi connectivity index (χ0) is 10.7. The molecule has 15 heavy (non-hydrogen) atoms. The molecule has 1 N–H and O–H groups in total. The van der Waals surface area contributed by atoms with E-state index in [0.717, 1.165) is 18.8 Å². The highest BCUT2D eigenvalue weighted by Crippen LogP contribution is 2.30. The lowest BCUT2D eigenvalue weighted by atomic mass is 10.1. The number of alkyl halides is 1. The zero-order valence-electron chi connectivity index (χ0n) is 8.42. The highest BCUT2D eigenvalue weighted by Gasteiger charge is 2.24. The molecule has 1 aliphatic rings. The zero-order valence-corrected chi connectivity index (χ0v) is 9.93. The van der Waals surface area contributed by atoms with Crippen LogP contribution in [0.2, 0.25) is 5.02 Å². The average Bonchev–Trinajstić information content (AvgIpc) is 2.63. The first-order chi connectivity index (χ1) is 7.27. The van der Waals surface area contributed by atoms with Crippen LogP contribution in [0.5, 0.6) is 0 Å². The second-order valence-electron chi connectivity index (χ2n) is 3.92. The summed E-state index contributed by atoms with van der Waals surface area (Å²) in [5, 5.41) is 4.23. The molecule has 0 amide bonds. The molecule has 2 nitrogen and oxygen atoms in total. The minimum Gasteiger partial charge on any atom is -0.369 e. The Morgan fingerprint density at radius 1 is 1.47 bits per heavy atom. The van der Waals surface area contributed by atoms with Crippen molar-refractivity contribution < 1.29 is 0 Å². The van der Waals surface area contributed by atoms with Crippen LogP contribution in [0.25, 0.3) is 0 Å². The maximum absolute atomic E-state index is 6.19. The Bertz CT molecular complexity index is 330. The number of hydrogen-bond acceptors (Lipinski definition) is 2. The van der Waals surface area contributed by atoms with Gasteiger partial charge >= 0.3 is 0 Å². The predicted molar refractivity (Wildman–Crippen MR) is 64.7 cm³/mol. The molecule has 1 fully saturated rings. The molecule has 1 saturated carbocycles. The summed E-state index contributed by atoms with van der Waals surface area (Å²) in [5.74, 6) is 1.31. The van der Waals surface area contributed by atoms with Gasteiger partial charge in [0, 0.05) is 18.1 Å². The second-order valence-corrected chi connectivity index (χ2v) is 4.89. The summed E-state index contributed by atoms with van der Waals surface area (Å²) in [6.45, 7) is 0.866. The van der Waals surface area contributed by atoms with Crippen molar-refractivity contribution >= 4 is 29.0 Å². The number of nitrogens with zero attached hydrogens (tertiary/aromatic N) is 1. The van der Waals surface area contributed by atoms with Crippen LogP contribution in [0.4, 0.5) is 5.82 Å². The monoisotopic (exact) mass is 244 g/mol. The molecule has 0 aromatic carbocycles. The van der Waals surface area contributed by atoms with Gasteiger partial charge in [0.1, 0.15) is 5.82 Å². The Morgan fingerprint density at radius 3 is 3.00 bits per heavy atom. The summed E-state index contributed by atoms with van der Waals surface area (Å²) in [4.78, 5) is 4.18. The summed E-state index contributed by atoms with van der Waals surface area (Å²) in [7, 11) is 0. The van der Waals surface area contributed by atoms with Crippen molar-refractivity contribution in [2.75, 3.05) is 11.9 Å². The van der Waals surface area contributed by atoms with Gasteiger partial charge in [-0.25, -0.2) is 4.98 Å². The van der Waals surface area contributed by atoms with E-state index >= 15 is 0 Å². The summed E-state index contributed by atoms with van der Waals surface area (Å²) < 4.78 is 0. The number of rotatable bonds is 3. The van der Waals surface area contributed by atoms with E-state index in [1.165, 1.54) is 12.8 Å². The van der Waals surface area contributed by atoms with Crippen LogP contribution in [0.3, 0.4) is 0 Å². The van der Waals surface area contributed by atoms with E-state index in [9.17, 15) is 0 Å². The largest absolute Gasteiger partial charge is 0.369 e. The van der Waals surface area contributed by atoms with Crippen LogP contribution < -0.4 is 5.32 Å². The summed E-state index contributed by atoms with van der Waals surface area (Å²) >= 11 is 12.2. The van der Waals surface area contributed by atoms with Gasteiger partial charge in [0.15, 0.2) is 0 Å². The predicted octanol–water partition coefficient (Wildman–Crippen LogP) is 3.55. The number of nitrogens with one attached hydrogen (secondary N) is 1. The molecule has 0 bridgehead atoms. The van der Waals surface area contributed by atoms with Crippen LogP contribution in [0.15, 0.2) is 18.3 Å². The van der Waals surface area contributed by atoms with Crippen LogP contribution in [-0.2, 0) is 0 Å². The van der Waals surface area contributed by atoms with E-state index in [1.807, 2.05) is 12.1 Å². The van der Waals surface area contributed by atoms with E-state index in [-0.39, 0.29) is 0 Å². The molecule has 1 aliphatic carbocycles. The van der Waals surface area contributed by atoms with Gasteiger partial charge in [0.2, 0.25) is 0 Å². The van der Waals surface area contributed by atoms with Crippen molar-refractivity contribution in [3.63, 3.8) is 0 Å². The third kappa shape index (κ3) is 2.76. The lowest BCUT2D eigenvalue weighted by Crippen LogP contribution is -2.18.